The second-order valence-electron chi connectivity index (χ2n) is 5.38. The number of amides is 1. The highest BCUT2D eigenvalue weighted by atomic mass is 16.5. The molecule has 0 saturated heterocycles. The van der Waals surface area contributed by atoms with Gasteiger partial charge in [-0.3, -0.25) is 4.79 Å². The quantitative estimate of drug-likeness (QED) is 0.774. The van der Waals surface area contributed by atoms with Gasteiger partial charge >= 0.3 is 0 Å². The largest absolute Gasteiger partial charge is 0.383 e. The number of nitrogens with one attached hydrogen (secondary N) is 1. The van der Waals surface area contributed by atoms with Crippen LogP contribution in [0.15, 0.2) is 30.5 Å². The van der Waals surface area contributed by atoms with Crippen molar-refractivity contribution in [2.45, 2.75) is 6.92 Å². The number of ether oxygens (including phenoxy) is 1. The van der Waals surface area contributed by atoms with Gasteiger partial charge in [0.15, 0.2) is 0 Å². The lowest BCUT2D eigenvalue weighted by Crippen LogP contribution is -2.28. The van der Waals surface area contributed by atoms with Gasteiger partial charge in [0, 0.05) is 39.0 Å². The van der Waals surface area contributed by atoms with E-state index in [-0.39, 0.29) is 5.91 Å². The molecule has 1 heterocycles. The van der Waals surface area contributed by atoms with E-state index in [1.807, 2.05) is 18.9 Å². The van der Waals surface area contributed by atoms with Crippen molar-refractivity contribution in [3.8, 4) is 17.3 Å². The molecule has 2 aromatic rings. The highest BCUT2D eigenvalue weighted by Crippen LogP contribution is 2.23. The van der Waals surface area contributed by atoms with Crippen LogP contribution in [0, 0.1) is 11.3 Å². The van der Waals surface area contributed by atoms with E-state index in [9.17, 15) is 4.79 Å². The summed E-state index contributed by atoms with van der Waals surface area (Å²) in [7, 11) is 3.46. The molecule has 0 atom stereocenters. The number of carbonyl (C=O) groups is 1. The van der Waals surface area contributed by atoms with E-state index >= 15 is 0 Å². The summed E-state index contributed by atoms with van der Waals surface area (Å²) in [5, 5.41) is 11.7. The lowest BCUT2D eigenvalue weighted by Gasteiger charge is -2.17. The Hall–Kier alpha value is -2.98. The lowest BCUT2D eigenvalue weighted by molar-refractivity contribution is 0.0937. The van der Waals surface area contributed by atoms with E-state index < -0.39 is 0 Å². The molecule has 7 heteroatoms. The number of carbonyl (C=O) groups excluding carboxylic acids is 1. The fourth-order valence-corrected chi connectivity index (χ4v) is 2.15. The van der Waals surface area contributed by atoms with Crippen molar-refractivity contribution in [1.29, 1.82) is 5.26 Å². The molecular formula is C18H21N5O2. The van der Waals surface area contributed by atoms with Crippen LogP contribution in [0.4, 0.5) is 5.95 Å². The molecule has 0 saturated carbocycles. The van der Waals surface area contributed by atoms with Gasteiger partial charge in [0.2, 0.25) is 5.95 Å². The maximum Gasteiger partial charge on any atom is 0.255 e. The van der Waals surface area contributed by atoms with Crippen LogP contribution in [0.1, 0.15) is 22.8 Å². The molecule has 0 aliphatic heterocycles. The van der Waals surface area contributed by atoms with Gasteiger partial charge in [0.05, 0.1) is 29.5 Å². The van der Waals surface area contributed by atoms with Gasteiger partial charge in [-0.2, -0.15) is 5.26 Å². The monoisotopic (exact) mass is 339 g/mol. The number of nitrogens with zero attached hydrogens (tertiary/aromatic N) is 4. The highest BCUT2D eigenvalue weighted by molar-refractivity contribution is 5.99. The minimum Gasteiger partial charge on any atom is -0.383 e. The van der Waals surface area contributed by atoms with Crippen molar-refractivity contribution in [1.82, 2.24) is 15.3 Å². The number of nitriles is 1. The Morgan fingerprint density at radius 3 is 2.68 bits per heavy atom. The minimum absolute atomic E-state index is 0.262. The first-order chi connectivity index (χ1) is 12.1. The molecule has 0 aliphatic carbocycles. The molecule has 0 fully saturated rings. The first-order valence-electron chi connectivity index (χ1n) is 7.96. The molecule has 1 aromatic carbocycles. The maximum atomic E-state index is 12.5. The predicted octanol–water partition coefficient (Wildman–Crippen LogP) is 1.85. The second-order valence-corrected chi connectivity index (χ2v) is 5.38. The van der Waals surface area contributed by atoms with Gasteiger partial charge in [-0.1, -0.05) is 12.1 Å². The molecule has 2 rings (SSSR count). The van der Waals surface area contributed by atoms with Crippen molar-refractivity contribution in [3.63, 3.8) is 0 Å². The Kier molecular flexibility index (Phi) is 6.43. The van der Waals surface area contributed by atoms with E-state index in [0.29, 0.717) is 35.9 Å². The van der Waals surface area contributed by atoms with Gasteiger partial charge in [0.25, 0.3) is 5.91 Å². The summed E-state index contributed by atoms with van der Waals surface area (Å²) < 4.78 is 4.95. The smallest absolute Gasteiger partial charge is 0.255 e. The summed E-state index contributed by atoms with van der Waals surface area (Å²) in [6.45, 7) is 3.57. The van der Waals surface area contributed by atoms with Crippen molar-refractivity contribution in [2.24, 2.45) is 0 Å². The lowest BCUT2D eigenvalue weighted by atomic mass is 10.0. The summed E-state index contributed by atoms with van der Waals surface area (Å²) in [6.07, 6.45) is 1.53. The third kappa shape index (κ3) is 4.52. The standard InChI is InChI=1S/C18H21N5O2/c1-4-23(2)18-21-12-15(17(24)20-9-10-25-3)16(22-18)14-7-5-13(11-19)6-8-14/h5-8,12H,4,9-10H2,1-3H3,(H,20,24). The minimum atomic E-state index is -0.262. The molecule has 0 spiro atoms. The zero-order chi connectivity index (χ0) is 18.2. The van der Waals surface area contributed by atoms with Gasteiger partial charge in [-0.05, 0) is 19.1 Å². The Morgan fingerprint density at radius 2 is 2.08 bits per heavy atom. The van der Waals surface area contributed by atoms with Crippen LogP contribution in [0.2, 0.25) is 0 Å². The van der Waals surface area contributed by atoms with Gasteiger partial charge in [-0.15, -0.1) is 0 Å². The normalized spacial score (nSPS) is 10.2. The molecule has 0 radical (unpaired) electrons. The highest BCUT2D eigenvalue weighted by Gasteiger charge is 2.17. The third-order valence-electron chi connectivity index (χ3n) is 3.72. The van der Waals surface area contributed by atoms with Crippen molar-refractivity contribution in [2.75, 3.05) is 38.8 Å². The average molecular weight is 339 g/mol. The van der Waals surface area contributed by atoms with E-state index in [4.69, 9.17) is 10.00 Å². The predicted molar refractivity (Wildman–Crippen MR) is 95.3 cm³/mol. The molecule has 1 N–H and O–H groups in total. The SMILES string of the molecule is CCN(C)c1ncc(C(=O)NCCOC)c(-c2ccc(C#N)cc2)n1. The molecule has 0 bridgehead atoms. The van der Waals surface area contributed by atoms with E-state index in [1.165, 1.54) is 6.20 Å². The zero-order valence-electron chi connectivity index (χ0n) is 14.6. The Labute approximate surface area is 147 Å². The molecule has 0 unspecified atom stereocenters. The van der Waals surface area contributed by atoms with Crippen molar-refractivity contribution in [3.05, 3.63) is 41.6 Å². The fraction of sp³-hybridized carbons (Fsp3) is 0.333. The Morgan fingerprint density at radius 1 is 1.36 bits per heavy atom. The molecule has 25 heavy (non-hydrogen) atoms. The van der Waals surface area contributed by atoms with Crippen molar-refractivity contribution < 1.29 is 9.53 Å². The van der Waals surface area contributed by atoms with E-state index in [2.05, 4.69) is 21.4 Å². The van der Waals surface area contributed by atoms with Crippen molar-refractivity contribution >= 4 is 11.9 Å². The topological polar surface area (TPSA) is 91.1 Å². The number of rotatable bonds is 7. The summed E-state index contributed by atoms with van der Waals surface area (Å²) in [6, 6.07) is 9.05. The van der Waals surface area contributed by atoms with E-state index in [0.717, 1.165) is 12.1 Å². The third-order valence-corrected chi connectivity index (χ3v) is 3.72. The van der Waals surface area contributed by atoms with Gasteiger partial charge in [-0.25, -0.2) is 9.97 Å². The number of anilines is 1. The van der Waals surface area contributed by atoms with Crippen LogP contribution < -0.4 is 10.2 Å². The van der Waals surface area contributed by atoms with Gasteiger partial charge < -0.3 is 15.0 Å². The zero-order valence-corrected chi connectivity index (χ0v) is 14.6. The first kappa shape index (κ1) is 18.4. The average Bonchev–Trinajstić information content (AvgIpc) is 2.67. The molecule has 0 aliphatic rings. The van der Waals surface area contributed by atoms with Crippen LogP contribution >= 0.6 is 0 Å². The van der Waals surface area contributed by atoms with Crippen LogP contribution in [0.5, 0.6) is 0 Å². The Bertz CT molecular complexity index is 768. The van der Waals surface area contributed by atoms with Crippen LogP contribution in [-0.2, 0) is 4.74 Å². The Balaban J connectivity index is 2.43. The maximum absolute atomic E-state index is 12.5. The summed E-state index contributed by atoms with van der Waals surface area (Å²) in [4.78, 5) is 23.2. The summed E-state index contributed by atoms with van der Waals surface area (Å²) in [5.74, 6) is 0.275. The van der Waals surface area contributed by atoms with Crippen LogP contribution in [-0.4, -0.2) is 49.7 Å². The molecular weight excluding hydrogens is 318 g/mol. The first-order valence-corrected chi connectivity index (χ1v) is 7.96. The number of methoxy groups -OCH3 is 1. The van der Waals surface area contributed by atoms with Gasteiger partial charge in [0.1, 0.15) is 0 Å². The van der Waals surface area contributed by atoms with Crippen LogP contribution in [0.25, 0.3) is 11.3 Å². The van der Waals surface area contributed by atoms with E-state index in [1.54, 1.807) is 31.4 Å². The number of hydrogen-bond acceptors (Lipinski definition) is 6. The molecule has 1 amide bonds. The summed E-state index contributed by atoms with van der Waals surface area (Å²) in [5.41, 5.74) is 2.22. The fourth-order valence-electron chi connectivity index (χ4n) is 2.15. The number of hydrogen-bond donors (Lipinski definition) is 1. The van der Waals surface area contributed by atoms with Crippen LogP contribution in [0.3, 0.4) is 0 Å². The number of benzene rings is 1. The molecule has 130 valence electrons. The number of aromatic nitrogens is 2. The second kappa shape index (κ2) is 8.76. The molecule has 1 aromatic heterocycles. The molecule has 7 nitrogen and oxygen atoms in total. The summed E-state index contributed by atoms with van der Waals surface area (Å²) >= 11 is 0.